The maximum atomic E-state index is 12.2. The molecule has 0 radical (unpaired) electrons. The van der Waals surface area contributed by atoms with Crippen molar-refractivity contribution in [3.05, 3.63) is 42.1 Å². The maximum absolute atomic E-state index is 12.2. The first kappa shape index (κ1) is 28.5. The molecule has 2 aliphatic rings. The van der Waals surface area contributed by atoms with Crippen LogP contribution in [0, 0.1) is 5.92 Å². The number of likely N-dealkylation sites (tertiary alicyclic amines) is 1. The van der Waals surface area contributed by atoms with E-state index in [1.54, 1.807) is 12.4 Å². The van der Waals surface area contributed by atoms with Crippen LogP contribution >= 0.6 is 0 Å². The molecule has 1 aliphatic carbocycles. The Bertz CT molecular complexity index is 1320. The second kappa shape index (κ2) is 12.1. The van der Waals surface area contributed by atoms with Crippen molar-refractivity contribution in [2.45, 2.75) is 71.9 Å². The SMILES string of the molecule is CCN(CC(C)C)C(=O)C(=O)Nc1cncc2cn[nH]c12.CN1CCC(n2cc3c(n2)CCC=C3)CC1(C)C. The summed E-state index contributed by atoms with van der Waals surface area (Å²) in [5, 5.41) is 14.9. The highest BCUT2D eigenvalue weighted by Gasteiger charge is 2.33. The number of nitrogens with one attached hydrogen (secondary N) is 2. The van der Waals surface area contributed by atoms with E-state index >= 15 is 0 Å². The van der Waals surface area contributed by atoms with Gasteiger partial charge >= 0.3 is 11.8 Å². The van der Waals surface area contributed by atoms with Crippen LogP contribution in [0.25, 0.3) is 17.0 Å². The van der Waals surface area contributed by atoms with E-state index in [-0.39, 0.29) is 5.54 Å². The number of pyridine rings is 1. The number of amides is 2. The van der Waals surface area contributed by atoms with Crippen molar-refractivity contribution in [2.75, 3.05) is 32.0 Å². The first-order chi connectivity index (χ1) is 18.6. The predicted octanol–water partition coefficient (Wildman–Crippen LogP) is 4.29. The topological polar surface area (TPSA) is 112 Å². The number of carbonyl (C=O) groups is 2. The van der Waals surface area contributed by atoms with E-state index in [0.29, 0.717) is 36.3 Å². The Labute approximate surface area is 230 Å². The molecule has 1 fully saturated rings. The molecule has 3 aromatic heterocycles. The van der Waals surface area contributed by atoms with Crippen LogP contribution in [0.5, 0.6) is 0 Å². The van der Waals surface area contributed by atoms with Gasteiger partial charge < -0.3 is 15.1 Å². The van der Waals surface area contributed by atoms with E-state index in [1.165, 1.54) is 35.2 Å². The number of hydrogen-bond donors (Lipinski definition) is 2. The maximum Gasteiger partial charge on any atom is 0.314 e. The molecule has 5 rings (SSSR count). The second-order valence-corrected chi connectivity index (χ2v) is 11.5. The van der Waals surface area contributed by atoms with Gasteiger partial charge in [0, 0.05) is 48.5 Å². The zero-order chi connectivity index (χ0) is 28.2. The Morgan fingerprint density at radius 1 is 1.26 bits per heavy atom. The molecule has 0 spiro atoms. The largest absolute Gasteiger partial charge is 0.334 e. The molecule has 2 N–H and O–H groups in total. The number of aryl methyl sites for hydroxylation is 1. The molecule has 1 aliphatic heterocycles. The average molecular weight is 535 g/mol. The van der Waals surface area contributed by atoms with E-state index in [4.69, 9.17) is 5.10 Å². The number of aromatic amines is 1. The molecule has 4 heterocycles. The van der Waals surface area contributed by atoms with Gasteiger partial charge in [-0.25, -0.2) is 0 Å². The van der Waals surface area contributed by atoms with Crippen molar-refractivity contribution < 1.29 is 9.59 Å². The lowest BCUT2D eigenvalue weighted by molar-refractivity contribution is -0.143. The summed E-state index contributed by atoms with van der Waals surface area (Å²) >= 11 is 0. The molecule has 2 amide bonds. The summed E-state index contributed by atoms with van der Waals surface area (Å²) in [4.78, 5) is 32.3. The molecule has 210 valence electrons. The zero-order valence-corrected chi connectivity index (χ0v) is 24.1. The fourth-order valence-corrected chi connectivity index (χ4v) is 5.18. The number of carbonyl (C=O) groups excluding carboxylic acids is 2. The molecule has 0 aromatic carbocycles. The Morgan fingerprint density at radius 3 is 2.74 bits per heavy atom. The quantitative estimate of drug-likeness (QED) is 0.473. The van der Waals surface area contributed by atoms with Crippen LogP contribution in [-0.4, -0.2) is 78.8 Å². The molecule has 1 saturated heterocycles. The van der Waals surface area contributed by atoms with Crippen molar-refractivity contribution >= 4 is 34.5 Å². The number of likely N-dealkylation sites (N-methyl/N-ethyl adjacent to an activating group) is 1. The number of piperidine rings is 1. The lowest BCUT2D eigenvalue weighted by Crippen LogP contribution is -2.47. The Balaban J connectivity index is 0.000000183. The number of fused-ring (bicyclic) bond motifs is 2. The first-order valence-corrected chi connectivity index (χ1v) is 13.9. The summed E-state index contributed by atoms with van der Waals surface area (Å²) in [6.45, 7) is 12.7. The lowest BCUT2D eigenvalue weighted by Gasteiger charge is -2.43. The molecule has 3 aromatic rings. The summed E-state index contributed by atoms with van der Waals surface area (Å²) in [6, 6.07) is 0.565. The van der Waals surface area contributed by atoms with Gasteiger partial charge in [-0.3, -0.25) is 24.4 Å². The fraction of sp³-hybridized carbons (Fsp3) is 0.552. The van der Waals surface area contributed by atoms with E-state index in [9.17, 15) is 9.59 Å². The molecule has 1 unspecified atom stereocenters. The molecule has 10 heteroatoms. The van der Waals surface area contributed by atoms with Crippen LogP contribution in [0.4, 0.5) is 5.69 Å². The van der Waals surface area contributed by atoms with Gasteiger partial charge in [-0.05, 0) is 59.4 Å². The van der Waals surface area contributed by atoms with E-state index in [2.05, 4.69) is 69.3 Å². The average Bonchev–Trinajstić information content (AvgIpc) is 3.56. The van der Waals surface area contributed by atoms with Gasteiger partial charge in [0.2, 0.25) is 0 Å². The number of rotatable bonds is 5. The van der Waals surface area contributed by atoms with Crippen LogP contribution in [-0.2, 0) is 16.0 Å². The minimum absolute atomic E-state index is 0.283. The van der Waals surface area contributed by atoms with Crippen LogP contribution in [0.3, 0.4) is 0 Å². The third kappa shape index (κ3) is 6.73. The van der Waals surface area contributed by atoms with Crippen molar-refractivity contribution in [2.24, 2.45) is 5.92 Å². The summed E-state index contributed by atoms with van der Waals surface area (Å²) in [5.74, 6) is -0.900. The zero-order valence-electron chi connectivity index (χ0n) is 24.1. The molecule has 1 atom stereocenters. The van der Waals surface area contributed by atoms with E-state index in [0.717, 1.165) is 24.8 Å². The summed E-state index contributed by atoms with van der Waals surface area (Å²) in [7, 11) is 2.23. The first-order valence-electron chi connectivity index (χ1n) is 13.9. The number of hydrogen-bond acceptors (Lipinski definition) is 6. The number of nitrogens with zero attached hydrogens (tertiary/aromatic N) is 6. The normalized spacial score (nSPS) is 18.4. The number of H-pyrrole nitrogens is 1. The number of anilines is 1. The summed E-state index contributed by atoms with van der Waals surface area (Å²) in [6.07, 6.45) is 16.1. The van der Waals surface area contributed by atoms with Gasteiger partial charge in [-0.2, -0.15) is 10.2 Å². The second-order valence-electron chi connectivity index (χ2n) is 11.5. The van der Waals surface area contributed by atoms with E-state index < -0.39 is 11.8 Å². The third-order valence-electron chi connectivity index (χ3n) is 7.68. The van der Waals surface area contributed by atoms with Gasteiger partial charge in [0.25, 0.3) is 0 Å². The fourth-order valence-electron chi connectivity index (χ4n) is 5.18. The standard InChI is InChI=1S/C15H23N3.C14H19N5O2/c1-15(2)10-13(8-9-17(15)3)18-11-12-6-4-5-7-14(12)16-18;1-4-19(8-9(2)3)14(21)13(20)17-11-7-15-5-10-6-16-18-12(10)11/h4,6,11,13H,5,7-10H2,1-3H3;5-7,9H,4,8H2,1-3H3,(H,16,18)(H,17,20). The highest BCUT2D eigenvalue weighted by molar-refractivity contribution is 6.40. The Hall–Kier alpha value is -3.53. The van der Waals surface area contributed by atoms with Gasteiger partial charge in [0.05, 0.1) is 35.3 Å². The molecule has 39 heavy (non-hydrogen) atoms. The van der Waals surface area contributed by atoms with E-state index in [1.807, 2.05) is 20.8 Å². The van der Waals surface area contributed by atoms with Gasteiger partial charge in [-0.15, -0.1) is 0 Å². The third-order valence-corrected chi connectivity index (χ3v) is 7.68. The molecule has 0 saturated carbocycles. The molecular weight excluding hydrogens is 492 g/mol. The minimum Gasteiger partial charge on any atom is -0.334 e. The van der Waals surface area contributed by atoms with Crippen LogP contribution in [0.2, 0.25) is 0 Å². The highest BCUT2D eigenvalue weighted by Crippen LogP contribution is 2.34. The summed E-state index contributed by atoms with van der Waals surface area (Å²) < 4.78 is 2.23. The van der Waals surface area contributed by atoms with Crippen LogP contribution in [0.1, 0.15) is 71.2 Å². The molecular formula is C29H42N8O2. The number of allylic oxidation sites excluding steroid dienone is 1. The van der Waals surface area contributed by atoms with Gasteiger partial charge in [0.1, 0.15) is 0 Å². The van der Waals surface area contributed by atoms with Gasteiger partial charge in [-0.1, -0.05) is 26.0 Å². The minimum atomic E-state index is -0.665. The number of aromatic nitrogens is 5. The smallest absolute Gasteiger partial charge is 0.314 e. The van der Waals surface area contributed by atoms with Crippen molar-refractivity contribution in [1.82, 2.24) is 34.8 Å². The van der Waals surface area contributed by atoms with Crippen molar-refractivity contribution in [3.63, 3.8) is 0 Å². The highest BCUT2D eigenvalue weighted by atomic mass is 16.2. The Kier molecular flexibility index (Phi) is 8.84. The van der Waals surface area contributed by atoms with Crippen LogP contribution in [0.15, 0.2) is 30.9 Å². The molecule has 0 bridgehead atoms. The van der Waals surface area contributed by atoms with Gasteiger partial charge in [0.15, 0.2) is 0 Å². The summed E-state index contributed by atoms with van der Waals surface area (Å²) in [5.41, 5.74) is 4.00. The lowest BCUT2D eigenvalue weighted by atomic mass is 9.87. The Morgan fingerprint density at radius 2 is 2.05 bits per heavy atom. The van der Waals surface area contributed by atoms with Crippen LogP contribution < -0.4 is 5.32 Å². The predicted molar refractivity (Wildman–Crippen MR) is 154 cm³/mol. The van der Waals surface area contributed by atoms with Crippen molar-refractivity contribution in [1.29, 1.82) is 0 Å². The monoisotopic (exact) mass is 534 g/mol. The molecule has 10 nitrogen and oxygen atoms in total. The van der Waals surface area contributed by atoms with Crippen molar-refractivity contribution in [3.8, 4) is 0 Å².